The van der Waals surface area contributed by atoms with Crippen molar-refractivity contribution in [3.63, 3.8) is 0 Å². The van der Waals surface area contributed by atoms with Gasteiger partial charge >= 0.3 is 0 Å². The number of amides is 1. The number of carbonyl (C=O) groups is 1. The van der Waals surface area contributed by atoms with Crippen LogP contribution in [0.2, 0.25) is 0 Å². The number of hydrogen-bond donors (Lipinski definition) is 2. The summed E-state index contributed by atoms with van der Waals surface area (Å²) >= 11 is 0. The van der Waals surface area contributed by atoms with E-state index in [-0.39, 0.29) is 23.5 Å². The minimum absolute atomic E-state index is 0.000600. The zero-order valence-electron chi connectivity index (χ0n) is 14.1. The molecule has 0 bridgehead atoms. The van der Waals surface area contributed by atoms with Crippen LogP contribution in [0.3, 0.4) is 0 Å². The lowest BCUT2D eigenvalue weighted by Crippen LogP contribution is -2.49. The average Bonchev–Trinajstić information content (AvgIpc) is 2.48. The molecule has 1 heterocycles. The van der Waals surface area contributed by atoms with Gasteiger partial charge in [0, 0.05) is 6.54 Å². The van der Waals surface area contributed by atoms with E-state index in [4.69, 9.17) is 4.74 Å². The number of carbonyl (C=O) groups excluding carboxylic acids is 1. The molecule has 0 spiro atoms. The lowest BCUT2D eigenvalue weighted by Gasteiger charge is -2.33. The van der Waals surface area contributed by atoms with Crippen LogP contribution in [-0.2, 0) is 4.79 Å². The molecule has 0 aromatic heterocycles. The van der Waals surface area contributed by atoms with Crippen molar-refractivity contribution in [3.8, 4) is 5.75 Å². The summed E-state index contributed by atoms with van der Waals surface area (Å²) < 4.78 is 5.65. The van der Waals surface area contributed by atoms with Gasteiger partial charge in [-0.15, -0.1) is 0 Å². The van der Waals surface area contributed by atoms with Crippen LogP contribution in [0, 0.1) is 5.41 Å². The van der Waals surface area contributed by atoms with Crippen molar-refractivity contribution in [2.24, 2.45) is 5.41 Å². The first-order valence-corrected chi connectivity index (χ1v) is 8.19. The Morgan fingerprint density at radius 1 is 1.27 bits per heavy atom. The summed E-state index contributed by atoms with van der Waals surface area (Å²) in [6.07, 6.45) is 2.17. The van der Waals surface area contributed by atoms with Gasteiger partial charge in [-0.1, -0.05) is 12.1 Å². The van der Waals surface area contributed by atoms with E-state index in [2.05, 4.69) is 10.6 Å². The van der Waals surface area contributed by atoms with E-state index in [1.54, 1.807) is 0 Å². The minimum Gasteiger partial charge on any atom is -0.491 e. The van der Waals surface area contributed by atoms with Crippen molar-refractivity contribution in [2.45, 2.75) is 52.7 Å². The smallest absolute Gasteiger partial charge is 0.227 e. The van der Waals surface area contributed by atoms with Crippen molar-refractivity contribution in [1.82, 2.24) is 10.6 Å². The van der Waals surface area contributed by atoms with E-state index >= 15 is 0 Å². The fourth-order valence-electron chi connectivity index (χ4n) is 2.81. The van der Waals surface area contributed by atoms with Crippen molar-refractivity contribution in [1.29, 1.82) is 0 Å². The lowest BCUT2D eigenvalue weighted by molar-refractivity contribution is -0.131. The third-order valence-corrected chi connectivity index (χ3v) is 4.24. The van der Waals surface area contributed by atoms with E-state index in [0.29, 0.717) is 0 Å². The predicted molar refractivity (Wildman–Crippen MR) is 89.0 cm³/mol. The van der Waals surface area contributed by atoms with Gasteiger partial charge in [0.15, 0.2) is 0 Å². The Kier molecular flexibility index (Phi) is 5.46. The summed E-state index contributed by atoms with van der Waals surface area (Å²) in [5.41, 5.74) is 0.796. The Bertz CT molecular complexity index is 490. The van der Waals surface area contributed by atoms with Gasteiger partial charge in [0.1, 0.15) is 5.75 Å². The Balaban J connectivity index is 1.96. The van der Waals surface area contributed by atoms with Gasteiger partial charge < -0.3 is 15.4 Å². The maximum absolute atomic E-state index is 12.5. The number of piperidine rings is 1. The minimum atomic E-state index is -0.298. The highest BCUT2D eigenvalue weighted by Gasteiger charge is 2.35. The first kappa shape index (κ1) is 16.8. The molecular formula is C18H28N2O2. The molecule has 22 heavy (non-hydrogen) atoms. The first-order chi connectivity index (χ1) is 10.4. The van der Waals surface area contributed by atoms with Crippen LogP contribution in [0.15, 0.2) is 24.3 Å². The molecular weight excluding hydrogens is 276 g/mol. The second kappa shape index (κ2) is 7.14. The molecule has 4 nitrogen and oxygen atoms in total. The van der Waals surface area contributed by atoms with Gasteiger partial charge in [-0.3, -0.25) is 4.79 Å². The molecule has 1 aromatic rings. The maximum atomic E-state index is 12.5. The zero-order chi connectivity index (χ0) is 16.2. The molecule has 2 unspecified atom stereocenters. The standard InChI is InChI=1S/C18H28N2O2/c1-13(2)22-16-8-6-15(7-9-16)14(3)20-17(21)18(4)10-5-11-19-12-18/h6-9,13-14,19H,5,10-12H2,1-4H3,(H,20,21). The second-order valence-electron chi connectivity index (χ2n) is 6.77. The molecule has 1 aliphatic rings. The molecule has 0 aliphatic carbocycles. The van der Waals surface area contributed by atoms with E-state index < -0.39 is 0 Å². The molecule has 1 aromatic carbocycles. The number of hydrogen-bond acceptors (Lipinski definition) is 3. The molecule has 1 aliphatic heterocycles. The quantitative estimate of drug-likeness (QED) is 0.879. The van der Waals surface area contributed by atoms with Gasteiger partial charge in [-0.05, 0) is 64.8 Å². The van der Waals surface area contributed by atoms with Crippen LogP contribution < -0.4 is 15.4 Å². The molecule has 2 atom stereocenters. The molecule has 1 saturated heterocycles. The molecule has 122 valence electrons. The highest BCUT2D eigenvalue weighted by atomic mass is 16.5. The van der Waals surface area contributed by atoms with Crippen molar-refractivity contribution >= 4 is 5.91 Å². The van der Waals surface area contributed by atoms with Crippen molar-refractivity contribution in [2.75, 3.05) is 13.1 Å². The average molecular weight is 304 g/mol. The number of nitrogens with one attached hydrogen (secondary N) is 2. The molecule has 1 amide bonds. The van der Waals surface area contributed by atoms with Crippen LogP contribution in [0.5, 0.6) is 5.75 Å². The van der Waals surface area contributed by atoms with Gasteiger partial charge in [-0.2, -0.15) is 0 Å². The summed E-state index contributed by atoms with van der Waals surface area (Å²) in [4.78, 5) is 12.5. The highest BCUT2D eigenvalue weighted by molar-refractivity contribution is 5.83. The van der Waals surface area contributed by atoms with E-state index in [1.165, 1.54) is 0 Å². The van der Waals surface area contributed by atoms with Gasteiger partial charge in [0.05, 0.1) is 17.6 Å². The molecule has 2 rings (SSSR count). The fourth-order valence-corrected chi connectivity index (χ4v) is 2.81. The van der Waals surface area contributed by atoms with Gasteiger partial charge in [0.25, 0.3) is 0 Å². The normalized spacial score (nSPS) is 23.1. The summed E-state index contributed by atoms with van der Waals surface area (Å²) in [5.74, 6) is 0.996. The summed E-state index contributed by atoms with van der Waals surface area (Å²) in [6, 6.07) is 7.96. The first-order valence-electron chi connectivity index (χ1n) is 8.19. The van der Waals surface area contributed by atoms with E-state index in [0.717, 1.165) is 37.2 Å². The third-order valence-electron chi connectivity index (χ3n) is 4.24. The van der Waals surface area contributed by atoms with Crippen LogP contribution >= 0.6 is 0 Å². The van der Waals surface area contributed by atoms with Gasteiger partial charge in [-0.25, -0.2) is 0 Å². The topological polar surface area (TPSA) is 50.4 Å². The second-order valence-corrected chi connectivity index (χ2v) is 6.77. The fraction of sp³-hybridized carbons (Fsp3) is 0.611. The number of benzene rings is 1. The summed E-state index contributed by atoms with van der Waals surface area (Å²) in [7, 11) is 0. The van der Waals surface area contributed by atoms with E-state index in [9.17, 15) is 4.79 Å². The Morgan fingerprint density at radius 3 is 2.50 bits per heavy atom. The lowest BCUT2D eigenvalue weighted by atomic mass is 9.81. The summed E-state index contributed by atoms with van der Waals surface area (Å²) in [5, 5.41) is 6.46. The Hall–Kier alpha value is -1.55. The highest BCUT2D eigenvalue weighted by Crippen LogP contribution is 2.27. The Morgan fingerprint density at radius 2 is 1.95 bits per heavy atom. The molecule has 1 fully saturated rings. The molecule has 0 saturated carbocycles. The zero-order valence-corrected chi connectivity index (χ0v) is 14.1. The van der Waals surface area contributed by atoms with Crippen LogP contribution in [0.25, 0.3) is 0 Å². The largest absolute Gasteiger partial charge is 0.491 e. The van der Waals surface area contributed by atoms with E-state index in [1.807, 2.05) is 52.0 Å². The molecule has 0 radical (unpaired) electrons. The van der Waals surface area contributed by atoms with Crippen molar-refractivity contribution < 1.29 is 9.53 Å². The van der Waals surface area contributed by atoms with Gasteiger partial charge in [0.2, 0.25) is 5.91 Å². The van der Waals surface area contributed by atoms with Crippen LogP contribution in [0.4, 0.5) is 0 Å². The summed E-state index contributed by atoms with van der Waals surface area (Å²) in [6.45, 7) is 9.85. The number of rotatable bonds is 5. The van der Waals surface area contributed by atoms with Crippen molar-refractivity contribution in [3.05, 3.63) is 29.8 Å². The predicted octanol–water partition coefficient (Wildman–Crippen LogP) is 3.04. The Labute approximate surface area is 133 Å². The monoisotopic (exact) mass is 304 g/mol. The number of ether oxygens (including phenoxy) is 1. The SMILES string of the molecule is CC(C)Oc1ccc(C(C)NC(=O)C2(C)CCCNC2)cc1. The molecule has 2 N–H and O–H groups in total. The maximum Gasteiger partial charge on any atom is 0.227 e. The third kappa shape index (κ3) is 4.23. The molecule has 4 heteroatoms. The van der Waals surface area contributed by atoms with Crippen LogP contribution in [-0.4, -0.2) is 25.1 Å². The van der Waals surface area contributed by atoms with Crippen LogP contribution in [0.1, 0.15) is 52.1 Å².